The van der Waals surface area contributed by atoms with E-state index in [0.717, 1.165) is 47.8 Å². The molecule has 1 N–H and O–H groups in total. The molecule has 0 aromatic heterocycles. The predicted molar refractivity (Wildman–Crippen MR) is 173 cm³/mol. The Morgan fingerprint density at radius 1 is 0.932 bits per heavy atom. The highest BCUT2D eigenvalue weighted by Crippen LogP contribution is 2.31. The topological polar surface area (TPSA) is 101 Å². The van der Waals surface area contributed by atoms with Gasteiger partial charge in [-0.25, -0.2) is 8.42 Å². The van der Waals surface area contributed by atoms with Crippen LogP contribution in [0.3, 0.4) is 0 Å². The minimum Gasteiger partial charge on any atom is -0.493 e. The van der Waals surface area contributed by atoms with Crippen molar-refractivity contribution >= 4 is 21.4 Å². The van der Waals surface area contributed by atoms with E-state index in [2.05, 4.69) is 15.7 Å². The van der Waals surface area contributed by atoms with Crippen molar-refractivity contribution in [3.8, 4) is 23.3 Å². The van der Waals surface area contributed by atoms with Crippen molar-refractivity contribution < 1.29 is 22.6 Å². The second kappa shape index (κ2) is 14.3. The van der Waals surface area contributed by atoms with Gasteiger partial charge in [0.15, 0.2) is 0 Å². The molecule has 4 aromatic rings. The zero-order valence-corrected chi connectivity index (χ0v) is 25.8. The highest BCUT2D eigenvalue weighted by Gasteiger charge is 2.18. The lowest BCUT2D eigenvalue weighted by Gasteiger charge is -2.28. The first-order valence-electron chi connectivity index (χ1n) is 14.7. The Morgan fingerprint density at radius 2 is 1.61 bits per heavy atom. The molecule has 1 saturated heterocycles. The molecule has 8 nitrogen and oxygen atoms in total. The molecule has 0 radical (unpaired) electrons. The summed E-state index contributed by atoms with van der Waals surface area (Å²) in [6, 6.07) is 30.9. The first-order chi connectivity index (χ1) is 21.3. The number of ether oxygens (including phenoxy) is 3. The Kier molecular flexibility index (Phi) is 10.1. The quantitative estimate of drug-likeness (QED) is 0.173. The summed E-state index contributed by atoms with van der Waals surface area (Å²) in [5.41, 5.74) is 4.99. The van der Waals surface area contributed by atoms with Crippen LogP contribution in [-0.2, 0) is 27.8 Å². The molecule has 0 saturated carbocycles. The number of benzene rings is 4. The van der Waals surface area contributed by atoms with Crippen LogP contribution in [0.5, 0.6) is 17.2 Å². The van der Waals surface area contributed by atoms with Crippen LogP contribution < -0.4 is 19.1 Å². The first kappa shape index (κ1) is 30.9. The number of rotatable bonds is 13. The van der Waals surface area contributed by atoms with Crippen molar-refractivity contribution in [2.24, 2.45) is 5.92 Å². The smallest absolute Gasteiger partial charge is 0.232 e. The van der Waals surface area contributed by atoms with Gasteiger partial charge in [-0.3, -0.25) is 4.72 Å². The number of anilines is 2. The predicted octanol–water partition coefficient (Wildman–Crippen LogP) is 7.04. The van der Waals surface area contributed by atoms with E-state index in [-0.39, 0.29) is 5.75 Å². The van der Waals surface area contributed by atoms with E-state index in [9.17, 15) is 13.7 Å². The summed E-state index contributed by atoms with van der Waals surface area (Å²) in [6.07, 6.45) is 1.02. The molecule has 1 heterocycles. The maximum Gasteiger partial charge on any atom is 0.232 e. The summed E-state index contributed by atoms with van der Waals surface area (Å²) in [4.78, 5) is 2.20. The molecular formula is C35H37N3O5S. The highest BCUT2D eigenvalue weighted by molar-refractivity contribution is 7.92. The SMILES string of the molecule is CCS(=O)(=O)Nc1cccc(N(Cc2ccc(C#N)cc2)Cc2ccc(Oc3cccc(OCC4CCOC4)c3)cc2)c1C. The van der Waals surface area contributed by atoms with Crippen molar-refractivity contribution in [1.82, 2.24) is 0 Å². The van der Waals surface area contributed by atoms with Crippen LogP contribution in [0, 0.1) is 24.2 Å². The Balaban J connectivity index is 1.32. The molecule has 228 valence electrons. The van der Waals surface area contributed by atoms with Crippen molar-refractivity contribution in [2.45, 2.75) is 33.4 Å². The summed E-state index contributed by atoms with van der Waals surface area (Å²) >= 11 is 0. The molecule has 44 heavy (non-hydrogen) atoms. The van der Waals surface area contributed by atoms with Gasteiger partial charge >= 0.3 is 0 Å². The van der Waals surface area contributed by atoms with Gasteiger partial charge in [0, 0.05) is 37.4 Å². The van der Waals surface area contributed by atoms with E-state index in [4.69, 9.17) is 14.2 Å². The van der Waals surface area contributed by atoms with Crippen LogP contribution in [0.4, 0.5) is 11.4 Å². The summed E-state index contributed by atoms with van der Waals surface area (Å²) in [5, 5.41) is 9.22. The second-order valence-corrected chi connectivity index (χ2v) is 12.9. The zero-order valence-electron chi connectivity index (χ0n) is 25.0. The summed E-state index contributed by atoms with van der Waals surface area (Å²) in [5.74, 6) is 2.59. The fourth-order valence-corrected chi connectivity index (χ4v) is 5.72. The minimum atomic E-state index is -3.43. The molecule has 0 spiro atoms. The monoisotopic (exact) mass is 611 g/mol. The van der Waals surface area contributed by atoms with E-state index >= 15 is 0 Å². The number of hydrogen-bond donors (Lipinski definition) is 1. The molecule has 4 aromatic carbocycles. The maximum absolute atomic E-state index is 12.3. The molecule has 0 aliphatic carbocycles. The minimum absolute atomic E-state index is 0.00669. The number of nitrogens with one attached hydrogen (secondary N) is 1. The summed E-state index contributed by atoms with van der Waals surface area (Å²) in [6.45, 7) is 6.84. The molecular weight excluding hydrogens is 574 g/mol. The lowest BCUT2D eigenvalue weighted by atomic mass is 10.1. The average molecular weight is 612 g/mol. The Morgan fingerprint density at radius 3 is 2.27 bits per heavy atom. The third kappa shape index (κ3) is 8.31. The fraction of sp³-hybridized carbons (Fsp3) is 0.286. The molecule has 1 unspecified atom stereocenters. The number of nitrogens with zero attached hydrogens (tertiary/aromatic N) is 2. The normalized spacial score (nSPS) is 14.5. The van der Waals surface area contributed by atoms with Crippen molar-refractivity contribution in [1.29, 1.82) is 5.26 Å². The Hall–Kier alpha value is -4.52. The van der Waals surface area contributed by atoms with E-state index in [1.54, 1.807) is 13.0 Å². The zero-order chi connectivity index (χ0) is 30.9. The van der Waals surface area contributed by atoms with Gasteiger partial charge < -0.3 is 19.1 Å². The van der Waals surface area contributed by atoms with Gasteiger partial charge in [0.2, 0.25) is 10.0 Å². The molecule has 9 heteroatoms. The number of hydrogen-bond acceptors (Lipinski definition) is 7. The Labute approximate surface area is 259 Å². The molecule has 0 bridgehead atoms. The lowest BCUT2D eigenvalue weighted by Crippen LogP contribution is -2.24. The number of sulfonamides is 1. The number of nitriles is 1. The van der Waals surface area contributed by atoms with Crippen LogP contribution in [0.1, 0.15) is 35.6 Å². The van der Waals surface area contributed by atoms with E-state index < -0.39 is 10.0 Å². The van der Waals surface area contributed by atoms with Crippen molar-refractivity contribution in [2.75, 3.05) is 35.2 Å². The molecule has 1 aliphatic rings. The lowest BCUT2D eigenvalue weighted by molar-refractivity contribution is 0.167. The van der Waals surface area contributed by atoms with Crippen LogP contribution in [0.15, 0.2) is 91.0 Å². The summed E-state index contributed by atoms with van der Waals surface area (Å²) < 4.78 is 44.9. The maximum atomic E-state index is 12.3. The van der Waals surface area contributed by atoms with E-state index in [0.29, 0.717) is 48.4 Å². The molecule has 5 rings (SSSR count). The van der Waals surface area contributed by atoms with Gasteiger partial charge in [0.1, 0.15) is 17.2 Å². The van der Waals surface area contributed by atoms with Crippen LogP contribution in [-0.4, -0.2) is 34.0 Å². The summed E-state index contributed by atoms with van der Waals surface area (Å²) in [7, 11) is -3.43. The fourth-order valence-electron chi connectivity index (χ4n) is 5.02. The third-order valence-corrected chi connectivity index (χ3v) is 8.89. The second-order valence-electron chi connectivity index (χ2n) is 10.9. The highest BCUT2D eigenvalue weighted by atomic mass is 32.2. The van der Waals surface area contributed by atoms with Crippen LogP contribution in [0.2, 0.25) is 0 Å². The van der Waals surface area contributed by atoms with E-state index in [1.807, 2.05) is 91.9 Å². The van der Waals surface area contributed by atoms with Gasteiger partial charge in [-0.15, -0.1) is 0 Å². The van der Waals surface area contributed by atoms with Gasteiger partial charge in [-0.1, -0.05) is 36.4 Å². The van der Waals surface area contributed by atoms with Gasteiger partial charge in [-0.05, 0) is 85.5 Å². The third-order valence-electron chi connectivity index (χ3n) is 7.60. The van der Waals surface area contributed by atoms with Crippen LogP contribution in [0.25, 0.3) is 0 Å². The molecule has 0 amide bonds. The van der Waals surface area contributed by atoms with Gasteiger partial charge in [-0.2, -0.15) is 5.26 Å². The van der Waals surface area contributed by atoms with Crippen LogP contribution >= 0.6 is 0 Å². The Bertz CT molecular complexity index is 1690. The average Bonchev–Trinajstić information content (AvgIpc) is 3.56. The van der Waals surface area contributed by atoms with Gasteiger partial charge in [0.05, 0.1) is 36.3 Å². The standard InChI is InChI=1S/C35H37N3O5S/c1-3-44(39,40)37-34-8-5-9-35(26(34)2)38(22-28-12-10-27(21-36)11-13-28)23-29-14-16-31(17-15-29)43-33-7-4-6-32(20-33)42-25-30-18-19-41-24-30/h4-17,20,30,37H,3,18-19,22-25H2,1-2H3. The van der Waals surface area contributed by atoms with E-state index in [1.165, 1.54) is 0 Å². The molecule has 1 aliphatic heterocycles. The van der Waals surface area contributed by atoms with Crippen molar-refractivity contribution in [3.63, 3.8) is 0 Å². The molecule has 1 atom stereocenters. The first-order valence-corrected chi connectivity index (χ1v) is 16.4. The van der Waals surface area contributed by atoms with Crippen molar-refractivity contribution in [3.05, 3.63) is 113 Å². The molecule has 1 fully saturated rings. The van der Waals surface area contributed by atoms with Gasteiger partial charge in [0.25, 0.3) is 0 Å². The largest absolute Gasteiger partial charge is 0.493 e.